The lowest BCUT2D eigenvalue weighted by molar-refractivity contribution is 0.174. The molecule has 0 atom stereocenters. The Kier molecular flexibility index (Phi) is 1.82. The number of fused-ring (bicyclic) bond motifs is 2. The van der Waals surface area contributed by atoms with E-state index in [2.05, 4.69) is 25.3 Å². The zero-order chi connectivity index (χ0) is 11.9. The second-order valence-corrected chi connectivity index (χ2v) is 3.93. The summed E-state index contributed by atoms with van der Waals surface area (Å²) in [4.78, 5) is 4.52. The first-order valence-corrected chi connectivity index (χ1v) is 5.43. The van der Waals surface area contributed by atoms with Crippen LogP contribution in [-0.4, -0.2) is 29.4 Å². The minimum absolute atomic E-state index is 0.252. The van der Waals surface area contributed by atoms with Gasteiger partial charge in [0.05, 0.1) is 23.6 Å². The molecule has 2 aliphatic rings. The highest BCUT2D eigenvalue weighted by atomic mass is 16.7. The molecule has 7 nitrogen and oxygen atoms in total. The normalized spacial score (nSPS) is 15.9. The third kappa shape index (κ3) is 1.33. The average molecular weight is 244 g/mol. The van der Waals surface area contributed by atoms with Crippen LogP contribution in [0.4, 0.5) is 11.4 Å². The van der Waals surface area contributed by atoms with E-state index in [1.165, 1.54) is 0 Å². The summed E-state index contributed by atoms with van der Waals surface area (Å²) in [6.07, 6.45) is 1.54. The van der Waals surface area contributed by atoms with E-state index in [-0.39, 0.29) is 6.79 Å². The van der Waals surface area contributed by atoms with Crippen molar-refractivity contribution in [1.29, 1.82) is 0 Å². The maximum absolute atomic E-state index is 5.32. The highest BCUT2D eigenvalue weighted by molar-refractivity contribution is 6.05. The molecular formula is C11H8N4O3. The Balaban J connectivity index is 1.81. The molecule has 1 aromatic carbocycles. The molecule has 0 saturated carbocycles. The number of hydrogen-bond acceptors (Lipinski definition) is 7. The summed E-state index contributed by atoms with van der Waals surface area (Å²) in [7, 11) is 0. The minimum atomic E-state index is 0.252. The fourth-order valence-corrected chi connectivity index (χ4v) is 1.97. The van der Waals surface area contributed by atoms with Gasteiger partial charge in [0, 0.05) is 12.1 Å². The highest BCUT2D eigenvalue weighted by Gasteiger charge is 2.21. The Morgan fingerprint density at radius 1 is 1.17 bits per heavy atom. The van der Waals surface area contributed by atoms with Crippen molar-refractivity contribution in [2.75, 3.05) is 18.7 Å². The van der Waals surface area contributed by atoms with Gasteiger partial charge in [-0.1, -0.05) is 5.16 Å². The summed E-state index contributed by atoms with van der Waals surface area (Å²) in [5.41, 5.74) is 3.12. The van der Waals surface area contributed by atoms with Gasteiger partial charge < -0.3 is 14.8 Å². The quantitative estimate of drug-likeness (QED) is 0.815. The van der Waals surface area contributed by atoms with Gasteiger partial charge in [-0.05, 0) is 5.16 Å². The van der Waals surface area contributed by atoms with Gasteiger partial charge in [-0.25, -0.2) is 9.62 Å². The SMILES string of the molecule is c1nonc1C1=Nc2cc3c(cc2NC1)OCO3. The Hall–Kier alpha value is -2.57. The van der Waals surface area contributed by atoms with Gasteiger partial charge in [0.15, 0.2) is 17.2 Å². The van der Waals surface area contributed by atoms with E-state index in [0.29, 0.717) is 18.0 Å². The molecular weight excluding hydrogens is 236 g/mol. The second-order valence-electron chi connectivity index (χ2n) is 3.93. The molecule has 0 amide bonds. The third-order valence-corrected chi connectivity index (χ3v) is 2.85. The highest BCUT2D eigenvalue weighted by Crippen LogP contribution is 2.42. The molecule has 0 radical (unpaired) electrons. The van der Waals surface area contributed by atoms with Crippen molar-refractivity contribution in [3.63, 3.8) is 0 Å². The standard InChI is InChI=1S/C11H8N4O3/c1-6-7(2-11-10(1)16-5-17-11)14-8(3-12-6)9-4-13-18-15-9/h1-2,4,12H,3,5H2. The molecule has 18 heavy (non-hydrogen) atoms. The van der Waals surface area contributed by atoms with Gasteiger partial charge in [0.1, 0.15) is 6.20 Å². The van der Waals surface area contributed by atoms with E-state index in [1.54, 1.807) is 6.20 Å². The molecule has 4 rings (SSSR count). The van der Waals surface area contributed by atoms with Gasteiger partial charge in [-0.3, -0.25) is 0 Å². The molecule has 0 unspecified atom stereocenters. The van der Waals surface area contributed by atoms with Crippen molar-refractivity contribution in [3.05, 3.63) is 24.0 Å². The van der Waals surface area contributed by atoms with Crippen LogP contribution in [0.25, 0.3) is 0 Å². The predicted octanol–water partition coefficient (Wildman–Crippen LogP) is 1.34. The molecule has 90 valence electrons. The number of aromatic nitrogens is 2. The molecule has 0 bridgehead atoms. The molecule has 2 aliphatic heterocycles. The van der Waals surface area contributed by atoms with Crippen molar-refractivity contribution < 1.29 is 14.1 Å². The van der Waals surface area contributed by atoms with Gasteiger partial charge in [-0.15, -0.1) is 0 Å². The smallest absolute Gasteiger partial charge is 0.231 e. The summed E-state index contributed by atoms with van der Waals surface area (Å²) in [5, 5.41) is 10.6. The number of aliphatic imine (C=N–C) groups is 1. The molecule has 0 fully saturated rings. The third-order valence-electron chi connectivity index (χ3n) is 2.85. The number of nitrogens with zero attached hydrogens (tertiary/aromatic N) is 3. The predicted molar refractivity (Wildman–Crippen MR) is 61.5 cm³/mol. The number of nitrogens with one attached hydrogen (secondary N) is 1. The van der Waals surface area contributed by atoms with E-state index >= 15 is 0 Å². The Bertz CT molecular complexity index is 636. The van der Waals surface area contributed by atoms with Crippen LogP contribution in [0.15, 0.2) is 28.0 Å². The zero-order valence-corrected chi connectivity index (χ0v) is 9.21. The van der Waals surface area contributed by atoms with Gasteiger partial charge in [0.25, 0.3) is 0 Å². The Labute approximate surface area is 101 Å². The van der Waals surface area contributed by atoms with Crippen molar-refractivity contribution >= 4 is 17.1 Å². The van der Waals surface area contributed by atoms with E-state index in [9.17, 15) is 0 Å². The van der Waals surface area contributed by atoms with E-state index < -0.39 is 0 Å². The lowest BCUT2D eigenvalue weighted by Gasteiger charge is -2.16. The van der Waals surface area contributed by atoms with E-state index in [0.717, 1.165) is 22.8 Å². The number of rotatable bonds is 1. The van der Waals surface area contributed by atoms with Crippen molar-refractivity contribution in [1.82, 2.24) is 10.3 Å². The fourth-order valence-electron chi connectivity index (χ4n) is 1.97. The second kappa shape index (κ2) is 3.46. The maximum Gasteiger partial charge on any atom is 0.231 e. The molecule has 1 N–H and O–H groups in total. The van der Waals surface area contributed by atoms with Crippen molar-refractivity contribution in [2.45, 2.75) is 0 Å². The van der Waals surface area contributed by atoms with Crippen LogP contribution in [0.2, 0.25) is 0 Å². The first kappa shape index (κ1) is 9.46. The monoisotopic (exact) mass is 244 g/mol. The van der Waals surface area contributed by atoms with Crippen LogP contribution in [0.3, 0.4) is 0 Å². The van der Waals surface area contributed by atoms with Crippen LogP contribution in [0.1, 0.15) is 5.69 Å². The van der Waals surface area contributed by atoms with Crippen molar-refractivity contribution in [2.24, 2.45) is 4.99 Å². The number of anilines is 1. The van der Waals surface area contributed by atoms with E-state index in [4.69, 9.17) is 9.47 Å². The van der Waals surface area contributed by atoms with Gasteiger partial charge in [-0.2, -0.15) is 0 Å². The molecule has 0 saturated heterocycles. The summed E-state index contributed by atoms with van der Waals surface area (Å²) < 4.78 is 15.2. The first-order chi connectivity index (χ1) is 8.90. The Morgan fingerprint density at radius 3 is 2.89 bits per heavy atom. The largest absolute Gasteiger partial charge is 0.454 e. The first-order valence-electron chi connectivity index (χ1n) is 5.43. The molecule has 2 aromatic rings. The topological polar surface area (TPSA) is 81.8 Å². The van der Waals surface area contributed by atoms with Crippen LogP contribution in [-0.2, 0) is 0 Å². The van der Waals surface area contributed by atoms with Crippen LogP contribution >= 0.6 is 0 Å². The number of benzene rings is 1. The summed E-state index contributed by atoms with van der Waals surface area (Å²) in [5.74, 6) is 1.45. The van der Waals surface area contributed by atoms with Gasteiger partial charge in [0.2, 0.25) is 6.79 Å². The lowest BCUT2D eigenvalue weighted by Crippen LogP contribution is -2.18. The van der Waals surface area contributed by atoms with E-state index in [1.807, 2.05) is 12.1 Å². The number of ether oxygens (including phenoxy) is 2. The summed E-state index contributed by atoms with van der Waals surface area (Å²) in [6.45, 7) is 0.822. The molecule has 7 heteroatoms. The number of hydrogen-bond donors (Lipinski definition) is 1. The van der Waals surface area contributed by atoms with Crippen molar-refractivity contribution in [3.8, 4) is 11.5 Å². The maximum atomic E-state index is 5.32. The molecule has 1 aromatic heterocycles. The summed E-state index contributed by atoms with van der Waals surface area (Å²) >= 11 is 0. The average Bonchev–Trinajstić information content (AvgIpc) is 3.06. The molecule has 0 spiro atoms. The van der Waals surface area contributed by atoms with Crippen LogP contribution < -0.4 is 14.8 Å². The Morgan fingerprint density at radius 2 is 2.06 bits per heavy atom. The van der Waals surface area contributed by atoms with Crippen LogP contribution in [0.5, 0.6) is 11.5 Å². The van der Waals surface area contributed by atoms with Gasteiger partial charge >= 0.3 is 0 Å². The summed E-state index contributed by atoms with van der Waals surface area (Å²) in [6, 6.07) is 3.73. The molecule has 3 heterocycles. The minimum Gasteiger partial charge on any atom is -0.454 e. The lowest BCUT2D eigenvalue weighted by atomic mass is 10.1. The van der Waals surface area contributed by atoms with Crippen LogP contribution in [0, 0.1) is 0 Å². The zero-order valence-electron chi connectivity index (χ0n) is 9.21. The fraction of sp³-hybridized carbons (Fsp3) is 0.182. The molecule has 0 aliphatic carbocycles.